The minimum absolute atomic E-state index is 0.527. The summed E-state index contributed by atoms with van der Waals surface area (Å²) in [4.78, 5) is 13.3. The van der Waals surface area contributed by atoms with Gasteiger partial charge < -0.3 is 10.7 Å². The highest BCUT2D eigenvalue weighted by Crippen LogP contribution is 2.35. The third-order valence-corrected chi connectivity index (χ3v) is 4.73. The SMILES string of the molecule is C=C(N)c1cnc(-c2ncc(CC)c3c(C(=C)C)c[nH]c23)s1. The zero-order valence-electron chi connectivity index (χ0n) is 12.7. The van der Waals surface area contributed by atoms with E-state index in [1.165, 1.54) is 22.3 Å². The van der Waals surface area contributed by atoms with E-state index in [1.807, 2.05) is 19.3 Å². The Morgan fingerprint density at radius 1 is 1.32 bits per heavy atom. The minimum Gasteiger partial charge on any atom is -0.398 e. The fourth-order valence-corrected chi connectivity index (χ4v) is 3.32. The van der Waals surface area contributed by atoms with Crippen LogP contribution in [-0.4, -0.2) is 15.0 Å². The predicted octanol–water partition coefficient (Wildman–Crippen LogP) is 4.21. The Balaban J connectivity index is 2.27. The van der Waals surface area contributed by atoms with Crippen molar-refractivity contribution in [2.24, 2.45) is 5.73 Å². The van der Waals surface area contributed by atoms with E-state index in [-0.39, 0.29) is 0 Å². The summed E-state index contributed by atoms with van der Waals surface area (Å²) in [5.74, 6) is 0. The van der Waals surface area contributed by atoms with E-state index in [4.69, 9.17) is 5.73 Å². The summed E-state index contributed by atoms with van der Waals surface area (Å²) in [7, 11) is 0. The lowest BCUT2D eigenvalue weighted by atomic mass is 10.0. The van der Waals surface area contributed by atoms with Gasteiger partial charge in [0.15, 0.2) is 0 Å². The molecule has 3 heterocycles. The maximum absolute atomic E-state index is 5.74. The zero-order chi connectivity index (χ0) is 15.9. The molecule has 3 rings (SSSR count). The number of H-pyrrole nitrogens is 1. The Hall–Kier alpha value is -2.40. The van der Waals surface area contributed by atoms with Gasteiger partial charge in [0.1, 0.15) is 10.7 Å². The molecule has 4 nitrogen and oxygen atoms in total. The van der Waals surface area contributed by atoms with Gasteiger partial charge in [0.2, 0.25) is 0 Å². The summed E-state index contributed by atoms with van der Waals surface area (Å²) in [6.45, 7) is 12.0. The van der Waals surface area contributed by atoms with Crippen LogP contribution in [0.2, 0.25) is 0 Å². The van der Waals surface area contributed by atoms with Crippen LogP contribution in [0.4, 0.5) is 0 Å². The van der Waals surface area contributed by atoms with Gasteiger partial charge in [-0.15, -0.1) is 11.3 Å². The number of rotatable bonds is 4. The molecule has 0 fully saturated rings. The molecular weight excluding hydrogens is 292 g/mol. The van der Waals surface area contributed by atoms with Crippen molar-refractivity contribution in [3.05, 3.63) is 47.8 Å². The third-order valence-electron chi connectivity index (χ3n) is 3.65. The Morgan fingerprint density at radius 3 is 2.68 bits per heavy atom. The molecule has 3 N–H and O–H groups in total. The fraction of sp³-hybridized carbons (Fsp3) is 0.176. The number of nitrogens with two attached hydrogens (primary N) is 1. The van der Waals surface area contributed by atoms with Crippen molar-refractivity contribution in [1.82, 2.24) is 15.0 Å². The molecule has 0 radical (unpaired) electrons. The molecular formula is C17H18N4S. The van der Waals surface area contributed by atoms with Crippen molar-refractivity contribution in [2.45, 2.75) is 20.3 Å². The molecule has 3 aromatic rings. The van der Waals surface area contributed by atoms with E-state index < -0.39 is 0 Å². The topological polar surface area (TPSA) is 67.6 Å². The molecule has 0 aliphatic heterocycles. The van der Waals surface area contributed by atoms with Gasteiger partial charge in [0.05, 0.1) is 10.4 Å². The van der Waals surface area contributed by atoms with Crippen LogP contribution in [0.5, 0.6) is 0 Å². The van der Waals surface area contributed by atoms with Crippen molar-refractivity contribution < 1.29 is 0 Å². The van der Waals surface area contributed by atoms with Crippen molar-refractivity contribution in [3.63, 3.8) is 0 Å². The van der Waals surface area contributed by atoms with E-state index in [2.05, 4.69) is 35.0 Å². The maximum Gasteiger partial charge on any atom is 0.144 e. The van der Waals surface area contributed by atoms with Crippen LogP contribution in [0.3, 0.4) is 0 Å². The third kappa shape index (κ3) is 2.23. The molecule has 0 spiro atoms. The molecule has 3 aromatic heterocycles. The second kappa shape index (κ2) is 5.42. The quantitative estimate of drug-likeness (QED) is 0.758. The first-order chi connectivity index (χ1) is 10.5. The highest BCUT2D eigenvalue weighted by Gasteiger charge is 2.16. The number of thiazole rings is 1. The monoisotopic (exact) mass is 310 g/mol. The first-order valence-electron chi connectivity index (χ1n) is 7.08. The average Bonchev–Trinajstić information content (AvgIpc) is 3.13. The number of nitrogens with one attached hydrogen (secondary N) is 1. The molecule has 0 saturated heterocycles. The van der Waals surface area contributed by atoms with Gasteiger partial charge >= 0.3 is 0 Å². The summed E-state index contributed by atoms with van der Waals surface area (Å²) >= 11 is 1.50. The molecule has 0 atom stereocenters. The maximum atomic E-state index is 5.74. The van der Waals surface area contributed by atoms with Crippen molar-refractivity contribution in [2.75, 3.05) is 0 Å². The van der Waals surface area contributed by atoms with Crippen LogP contribution in [0.1, 0.15) is 29.9 Å². The number of aromatic nitrogens is 3. The van der Waals surface area contributed by atoms with E-state index in [9.17, 15) is 0 Å². The molecule has 0 aromatic carbocycles. The summed E-state index contributed by atoms with van der Waals surface area (Å²) in [5.41, 5.74) is 11.5. The number of hydrogen-bond acceptors (Lipinski definition) is 4. The van der Waals surface area contributed by atoms with E-state index in [0.29, 0.717) is 5.70 Å². The van der Waals surface area contributed by atoms with Crippen molar-refractivity contribution in [3.8, 4) is 10.7 Å². The lowest BCUT2D eigenvalue weighted by Crippen LogP contribution is -1.91. The lowest BCUT2D eigenvalue weighted by molar-refractivity contribution is 1.13. The van der Waals surface area contributed by atoms with Crippen LogP contribution in [0.15, 0.2) is 31.7 Å². The summed E-state index contributed by atoms with van der Waals surface area (Å²) < 4.78 is 0. The molecule has 22 heavy (non-hydrogen) atoms. The van der Waals surface area contributed by atoms with E-state index in [1.54, 1.807) is 6.20 Å². The van der Waals surface area contributed by atoms with Gasteiger partial charge in [-0.1, -0.05) is 20.1 Å². The lowest BCUT2D eigenvalue weighted by Gasteiger charge is -2.06. The molecule has 0 saturated carbocycles. The molecule has 0 aliphatic carbocycles. The largest absolute Gasteiger partial charge is 0.398 e. The Morgan fingerprint density at radius 2 is 2.09 bits per heavy atom. The van der Waals surface area contributed by atoms with Crippen LogP contribution >= 0.6 is 11.3 Å². The summed E-state index contributed by atoms with van der Waals surface area (Å²) in [5, 5.41) is 2.02. The molecule has 0 amide bonds. The fourth-order valence-electron chi connectivity index (χ4n) is 2.51. The number of aryl methyl sites for hydroxylation is 1. The second-order valence-corrected chi connectivity index (χ2v) is 6.30. The van der Waals surface area contributed by atoms with Crippen LogP contribution in [0.25, 0.3) is 32.9 Å². The smallest absolute Gasteiger partial charge is 0.144 e. The predicted molar refractivity (Wildman–Crippen MR) is 94.5 cm³/mol. The summed E-state index contributed by atoms with van der Waals surface area (Å²) in [6.07, 6.45) is 6.58. The van der Waals surface area contributed by atoms with Gasteiger partial charge in [-0.25, -0.2) is 4.98 Å². The minimum atomic E-state index is 0.527. The van der Waals surface area contributed by atoms with E-state index in [0.717, 1.165) is 38.7 Å². The standard InChI is InChI=1S/C17H18N4S/c1-5-11-6-19-16(17-21-8-13(22-17)10(4)18)15-14(11)12(7-20-15)9(2)3/h6-8,20H,2,4-5,18H2,1,3H3. The van der Waals surface area contributed by atoms with Gasteiger partial charge in [-0.3, -0.25) is 4.98 Å². The van der Waals surface area contributed by atoms with Crippen LogP contribution < -0.4 is 5.73 Å². The molecule has 0 aliphatic rings. The number of fused-ring (bicyclic) bond motifs is 1. The van der Waals surface area contributed by atoms with Gasteiger partial charge in [-0.05, 0) is 24.5 Å². The van der Waals surface area contributed by atoms with Crippen molar-refractivity contribution >= 4 is 33.5 Å². The summed E-state index contributed by atoms with van der Waals surface area (Å²) in [6, 6.07) is 0. The number of pyridine rings is 1. The Labute approximate surface area is 133 Å². The van der Waals surface area contributed by atoms with Gasteiger partial charge in [0, 0.05) is 35.2 Å². The van der Waals surface area contributed by atoms with Crippen LogP contribution in [-0.2, 0) is 6.42 Å². The number of nitrogens with zero attached hydrogens (tertiary/aromatic N) is 2. The molecule has 5 heteroatoms. The number of allylic oxidation sites excluding steroid dienone is 1. The second-order valence-electron chi connectivity index (χ2n) is 5.27. The normalized spacial score (nSPS) is 11.0. The molecule has 0 bridgehead atoms. The Kier molecular flexibility index (Phi) is 3.58. The molecule has 112 valence electrons. The highest BCUT2D eigenvalue weighted by atomic mass is 32.1. The first-order valence-corrected chi connectivity index (χ1v) is 7.90. The van der Waals surface area contributed by atoms with Crippen LogP contribution in [0, 0.1) is 0 Å². The Bertz CT molecular complexity index is 885. The zero-order valence-corrected chi connectivity index (χ0v) is 13.5. The average molecular weight is 310 g/mol. The van der Waals surface area contributed by atoms with Gasteiger partial charge in [0.25, 0.3) is 0 Å². The van der Waals surface area contributed by atoms with E-state index >= 15 is 0 Å². The highest BCUT2D eigenvalue weighted by molar-refractivity contribution is 7.16. The molecule has 0 unspecified atom stereocenters. The van der Waals surface area contributed by atoms with Gasteiger partial charge in [-0.2, -0.15) is 0 Å². The number of aromatic amines is 1. The first kappa shape index (κ1) is 14.5. The number of hydrogen-bond donors (Lipinski definition) is 2. The van der Waals surface area contributed by atoms with Crippen molar-refractivity contribution in [1.29, 1.82) is 0 Å².